The Hall–Kier alpha value is -0.750. The molecule has 56 valence electrons. The van der Waals surface area contributed by atoms with Gasteiger partial charge in [-0.05, 0) is 17.2 Å². The largest absolute Gasteiger partial charge is 0.477 e. The van der Waals surface area contributed by atoms with Crippen molar-refractivity contribution in [2.75, 3.05) is 0 Å². The summed E-state index contributed by atoms with van der Waals surface area (Å²) in [6.45, 7) is 0. The number of carboxylic acids is 1. The first kappa shape index (κ1) is 9.25. The topological polar surface area (TPSA) is 91.7 Å². The van der Waals surface area contributed by atoms with E-state index >= 15 is 0 Å². The van der Waals surface area contributed by atoms with Gasteiger partial charge in [0.05, 0.1) is 0 Å². The van der Waals surface area contributed by atoms with Crippen LogP contribution in [0.25, 0.3) is 0 Å². The van der Waals surface area contributed by atoms with Crippen LogP contribution in [0.5, 0.6) is 0 Å². The standard InChI is InChI=1S/C3H2O5S2/c4-3(5)2(1-9)10(6,7)8/h(H,4,5)(H,6,7,8). The van der Waals surface area contributed by atoms with Crippen molar-refractivity contribution in [2.24, 2.45) is 0 Å². The van der Waals surface area contributed by atoms with Gasteiger partial charge < -0.3 is 5.11 Å². The van der Waals surface area contributed by atoms with Crippen LogP contribution in [0, 0.1) is 0 Å². The molecule has 0 aliphatic rings. The van der Waals surface area contributed by atoms with Gasteiger partial charge in [0.15, 0.2) is 0 Å². The van der Waals surface area contributed by atoms with Gasteiger partial charge in [-0.25, -0.2) is 4.79 Å². The molecule has 0 saturated carbocycles. The fourth-order valence-electron chi connectivity index (χ4n) is 0.207. The number of rotatable bonds is 2. The molecule has 0 saturated heterocycles. The van der Waals surface area contributed by atoms with Crippen molar-refractivity contribution in [3.8, 4) is 0 Å². The van der Waals surface area contributed by atoms with Gasteiger partial charge in [-0.2, -0.15) is 8.42 Å². The molecule has 0 spiro atoms. The lowest BCUT2D eigenvalue weighted by molar-refractivity contribution is -0.131. The van der Waals surface area contributed by atoms with Crippen LogP contribution in [-0.4, -0.2) is 29.1 Å². The zero-order valence-corrected chi connectivity index (χ0v) is 6.07. The molecule has 2 N–H and O–H groups in total. The molecule has 0 aromatic carbocycles. The number of hydrogen-bond donors (Lipinski definition) is 2. The Morgan fingerprint density at radius 3 is 1.90 bits per heavy atom. The fourth-order valence-corrected chi connectivity index (χ4v) is 0.936. The third-order valence-corrected chi connectivity index (χ3v) is 1.67. The highest BCUT2D eigenvalue weighted by Gasteiger charge is 2.21. The summed E-state index contributed by atoms with van der Waals surface area (Å²) in [6.07, 6.45) is 0. The molecule has 0 amide bonds. The lowest BCUT2D eigenvalue weighted by atomic mass is 10.7. The van der Waals surface area contributed by atoms with E-state index in [0.29, 0.717) is 0 Å². The molecule has 0 fully saturated rings. The van der Waals surface area contributed by atoms with Crippen LogP contribution in [-0.2, 0) is 14.9 Å². The van der Waals surface area contributed by atoms with Gasteiger partial charge in [-0.15, -0.1) is 0 Å². The van der Waals surface area contributed by atoms with Crippen molar-refractivity contribution >= 4 is 33.3 Å². The smallest absolute Gasteiger partial charge is 0.358 e. The first-order valence-corrected chi connectivity index (χ1v) is 3.70. The monoisotopic (exact) mass is 182 g/mol. The summed E-state index contributed by atoms with van der Waals surface area (Å²) in [6, 6.07) is 0. The second kappa shape index (κ2) is 2.89. The molecule has 0 bridgehead atoms. The average molecular weight is 182 g/mol. The second-order valence-corrected chi connectivity index (χ2v) is 2.77. The van der Waals surface area contributed by atoms with Crippen molar-refractivity contribution in [1.29, 1.82) is 0 Å². The quantitative estimate of drug-likeness (QED) is 0.338. The molecular weight excluding hydrogens is 180 g/mol. The van der Waals surface area contributed by atoms with E-state index in [4.69, 9.17) is 9.66 Å². The van der Waals surface area contributed by atoms with E-state index in [1.54, 1.807) is 0 Å². The summed E-state index contributed by atoms with van der Waals surface area (Å²) in [5, 5.41) is 9.41. The van der Waals surface area contributed by atoms with Crippen LogP contribution in [0.1, 0.15) is 0 Å². The van der Waals surface area contributed by atoms with Crippen LogP contribution >= 0.6 is 12.2 Å². The van der Waals surface area contributed by atoms with Crippen molar-refractivity contribution < 1.29 is 22.9 Å². The summed E-state index contributed by atoms with van der Waals surface area (Å²) in [5.41, 5.74) is 0. The van der Waals surface area contributed by atoms with E-state index in [-0.39, 0.29) is 0 Å². The van der Waals surface area contributed by atoms with Gasteiger partial charge >= 0.3 is 16.1 Å². The van der Waals surface area contributed by atoms with Crippen molar-refractivity contribution in [3.05, 3.63) is 4.91 Å². The highest BCUT2D eigenvalue weighted by Crippen LogP contribution is 1.97. The zero-order chi connectivity index (χ0) is 8.36. The number of aliphatic carboxylic acids is 1. The minimum atomic E-state index is -4.71. The van der Waals surface area contributed by atoms with E-state index in [2.05, 4.69) is 12.2 Å². The van der Waals surface area contributed by atoms with Gasteiger partial charge in [0.25, 0.3) is 0 Å². The van der Waals surface area contributed by atoms with Crippen LogP contribution in [0.15, 0.2) is 4.91 Å². The minimum Gasteiger partial charge on any atom is -0.477 e. The van der Waals surface area contributed by atoms with E-state index < -0.39 is 21.0 Å². The van der Waals surface area contributed by atoms with Gasteiger partial charge in [-0.1, -0.05) is 0 Å². The molecule has 0 aromatic rings. The third kappa shape index (κ3) is 2.24. The van der Waals surface area contributed by atoms with E-state index in [0.717, 1.165) is 0 Å². The molecule has 0 atom stereocenters. The predicted molar refractivity (Wildman–Crippen MR) is 35.3 cm³/mol. The van der Waals surface area contributed by atoms with E-state index in [1.165, 1.54) is 5.02 Å². The molecule has 0 aliphatic heterocycles. The second-order valence-electron chi connectivity index (χ2n) is 1.21. The first-order valence-electron chi connectivity index (χ1n) is 1.85. The highest BCUT2D eigenvalue weighted by atomic mass is 32.2. The molecule has 0 unspecified atom stereocenters. The molecule has 0 aliphatic carbocycles. The van der Waals surface area contributed by atoms with Crippen LogP contribution in [0.3, 0.4) is 0 Å². The fraction of sp³-hybridized carbons (Fsp3) is 0. The van der Waals surface area contributed by atoms with Crippen molar-refractivity contribution in [2.45, 2.75) is 0 Å². The maximum atomic E-state index is 10.0. The first-order chi connectivity index (χ1) is 4.39. The predicted octanol–water partition coefficient (Wildman–Crippen LogP) is -0.559. The van der Waals surface area contributed by atoms with E-state index in [1.807, 2.05) is 0 Å². The lowest BCUT2D eigenvalue weighted by Crippen LogP contribution is -2.11. The maximum Gasteiger partial charge on any atom is 0.358 e. The van der Waals surface area contributed by atoms with Crippen molar-refractivity contribution in [3.63, 3.8) is 0 Å². The van der Waals surface area contributed by atoms with Gasteiger partial charge in [0, 0.05) is 0 Å². The Balaban J connectivity index is 5.16. The molecule has 7 heteroatoms. The average Bonchev–Trinajstić information content (AvgIpc) is 1.60. The van der Waals surface area contributed by atoms with Crippen molar-refractivity contribution in [1.82, 2.24) is 0 Å². The highest BCUT2D eigenvalue weighted by molar-refractivity contribution is 7.92. The number of thiocarbonyl (C=S) groups is 1. The lowest BCUT2D eigenvalue weighted by Gasteiger charge is -1.89. The van der Waals surface area contributed by atoms with Crippen LogP contribution in [0.2, 0.25) is 0 Å². The zero-order valence-electron chi connectivity index (χ0n) is 4.44. The third-order valence-electron chi connectivity index (χ3n) is 0.545. The maximum absolute atomic E-state index is 10.0. The van der Waals surface area contributed by atoms with Crippen LogP contribution < -0.4 is 0 Å². The SMILES string of the molecule is O=C(O)C(=C=S)S(=O)(=O)O. The normalized spacial score (nSPS) is 10.1. The van der Waals surface area contributed by atoms with E-state index in [9.17, 15) is 13.2 Å². The minimum absolute atomic E-state index is 1.32. The van der Waals surface area contributed by atoms with Gasteiger partial charge in [0.2, 0.25) is 4.91 Å². The summed E-state index contributed by atoms with van der Waals surface area (Å²) >= 11 is 3.89. The molecule has 0 heterocycles. The van der Waals surface area contributed by atoms with Crippen LogP contribution in [0.4, 0.5) is 0 Å². The number of carboxylic acid groups (broad SMARTS) is 1. The number of carbonyl (C=O) groups is 1. The molecule has 5 nitrogen and oxygen atoms in total. The van der Waals surface area contributed by atoms with Gasteiger partial charge in [-0.3, -0.25) is 4.55 Å². The summed E-state index contributed by atoms with van der Waals surface area (Å²) in [4.78, 5) is 8.55. The molecular formula is C3H2O5S2. The molecule has 0 rings (SSSR count). The Morgan fingerprint density at radius 1 is 1.50 bits per heavy atom. The number of hydrogen-bond acceptors (Lipinski definition) is 4. The Bertz CT molecular complexity index is 293. The molecule has 10 heavy (non-hydrogen) atoms. The molecule has 0 radical (unpaired) electrons. The van der Waals surface area contributed by atoms with Gasteiger partial charge in [0.1, 0.15) is 0 Å². The summed E-state index contributed by atoms with van der Waals surface area (Å²) in [7, 11) is -4.71. The Kier molecular flexibility index (Phi) is 2.67. The molecule has 0 aromatic heterocycles. The summed E-state index contributed by atoms with van der Waals surface area (Å²) < 4.78 is 28.1. The summed E-state index contributed by atoms with van der Waals surface area (Å²) in [5.74, 6) is -1.82. The Labute approximate surface area is 61.7 Å². The Morgan fingerprint density at radius 2 is 1.90 bits per heavy atom.